The van der Waals surface area contributed by atoms with Crippen LogP contribution in [-0.4, -0.2) is 83.1 Å². The largest absolute Gasteiger partial charge is 0.381 e. The molecule has 2 aliphatic heterocycles. The van der Waals surface area contributed by atoms with Crippen molar-refractivity contribution in [1.29, 1.82) is 0 Å². The van der Waals surface area contributed by atoms with Gasteiger partial charge in [0.2, 0.25) is 11.7 Å². The van der Waals surface area contributed by atoms with Gasteiger partial charge in [-0.3, -0.25) is 14.5 Å². The zero-order valence-corrected chi connectivity index (χ0v) is 17.0. The summed E-state index contributed by atoms with van der Waals surface area (Å²) in [4.78, 5) is 37.5. The molecule has 158 valence electrons. The Kier molecular flexibility index (Phi) is 6.71. The molecule has 1 aliphatic carbocycles. The van der Waals surface area contributed by atoms with Crippen LogP contribution in [0.3, 0.4) is 0 Å². The van der Waals surface area contributed by atoms with Crippen LogP contribution < -0.4 is 5.32 Å². The summed E-state index contributed by atoms with van der Waals surface area (Å²) < 4.78 is 5.56. The molecule has 4 rings (SSSR count). The first-order chi connectivity index (χ1) is 14.2. The molecule has 3 heterocycles. The lowest BCUT2D eigenvalue weighted by Gasteiger charge is -2.44. The summed E-state index contributed by atoms with van der Waals surface area (Å²) >= 11 is 0. The molecule has 0 aromatic carbocycles. The first-order valence-electron chi connectivity index (χ1n) is 10.9. The van der Waals surface area contributed by atoms with Crippen LogP contribution >= 0.6 is 0 Å². The Bertz CT molecular complexity index is 691. The van der Waals surface area contributed by atoms with Crippen molar-refractivity contribution in [2.75, 3.05) is 39.4 Å². The van der Waals surface area contributed by atoms with Gasteiger partial charge in [-0.25, -0.2) is 9.97 Å². The van der Waals surface area contributed by atoms with Gasteiger partial charge in [-0.1, -0.05) is 0 Å². The maximum atomic E-state index is 12.6. The predicted octanol–water partition coefficient (Wildman–Crippen LogP) is 1.09. The van der Waals surface area contributed by atoms with Gasteiger partial charge in [0.25, 0.3) is 5.91 Å². The summed E-state index contributed by atoms with van der Waals surface area (Å²) in [5.41, 5.74) is 0. The fraction of sp³-hybridized carbons (Fsp3) is 0.714. The second-order valence-corrected chi connectivity index (χ2v) is 8.26. The second-order valence-electron chi connectivity index (χ2n) is 8.26. The molecule has 0 bridgehead atoms. The first kappa shape index (κ1) is 20.2. The summed E-state index contributed by atoms with van der Waals surface area (Å²) in [6, 6.07) is 2.48. The highest BCUT2D eigenvalue weighted by molar-refractivity contribution is 5.90. The van der Waals surface area contributed by atoms with E-state index in [0.29, 0.717) is 24.5 Å². The Hall–Kier alpha value is -2.06. The molecule has 1 N–H and O–H groups in total. The van der Waals surface area contributed by atoms with E-state index in [1.807, 2.05) is 0 Å². The molecule has 1 saturated carbocycles. The summed E-state index contributed by atoms with van der Waals surface area (Å²) in [5, 5.41) is 2.95. The van der Waals surface area contributed by atoms with Crippen LogP contribution in [0.2, 0.25) is 0 Å². The minimum atomic E-state index is -0.244. The number of nitrogens with one attached hydrogen (secondary N) is 1. The van der Waals surface area contributed by atoms with E-state index in [-0.39, 0.29) is 17.6 Å². The predicted molar refractivity (Wildman–Crippen MR) is 107 cm³/mol. The summed E-state index contributed by atoms with van der Waals surface area (Å²) in [6.45, 7) is 4.56. The zero-order chi connectivity index (χ0) is 20.1. The monoisotopic (exact) mass is 401 g/mol. The normalized spacial score (nSPS) is 23.2. The van der Waals surface area contributed by atoms with Gasteiger partial charge in [0.1, 0.15) is 0 Å². The van der Waals surface area contributed by atoms with Crippen molar-refractivity contribution in [2.45, 2.75) is 50.6 Å². The number of likely N-dealkylation sites (tertiary alicyclic amines) is 1. The van der Waals surface area contributed by atoms with Crippen LogP contribution in [0, 0.1) is 5.92 Å². The van der Waals surface area contributed by atoms with E-state index in [1.165, 1.54) is 0 Å². The number of amides is 2. The fourth-order valence-corrected chi connectivity index (χ4v) is 4.49. The molecule has 0 spiro atoms. The second kappa shape index (κ2) is 9.63. The van der Waals surface area contributed by atoms with Gasteiger partial charge in [-0.15, -0.1) is 0 Å². The van der Waals surface area contributed by atoms with Gasteiger partial charge in [0.15, 0.2) is 0 Å². The third-order valence-electron chi connectivity index (χ3n) is 6.19. The number of rotatable bonds is 7. The number of ether oxygens (including phenoxy) is 1. The van der Waals surface area contributed by atoms with Crippen molar-refractivity contribution in [3.05, 3.63) is 24.3 Å². The molecule has 2 amide bonds. The van der Waals surface area contributed by atoms with Crippen LogP contribution in [-0.2, 0) is 9.53 Å². The van der Waals surface area contributed by atoms with E-state index >= 15 is 0 Å². The Morgan fingerprint density at radius 1 is 1.10 bits per heavy atom. The van der Waals surface area contributed by atoms with E-state index < -0.39 is 0 Å². The SMILES string of the molecule is O=C(NCCN(C1CCOCC1)C1CCCN(C(=O)C2CC2)C1)c1ncccn1. The highest BCUT2D eigenvalue weighted by Gasteiger charge is 2.37. The van der Waals surface area contributed by atoms with Gasteiger partial charge in [0.05, 0.1) is 0 Å². The highest BCUT2D eigenvalue weighted by atomic mass is 16.5. The van der Waals surface area contributed by atoms with Crippen molar-refractivity contribution >= 4 is 11.8 Å². The zero-order valence-electron chi connectivity index (χ0n) is 17.0. The molecule has 8 nitrogen and oxygen atoms in total. The van der Waals surface area contributed by atoms with E-state index in [9.17, 15) is 9.59 Å². The van der Waals surface area contributed by atoms with E-state index in [0.717, 1.165) is 71.4 Å². The molecule has 1 unspecified atom stereocenters. The minimum Gasteiger partial charge on any atom is -0.381 e. The molecule has 3 aliphatic rings. The lowest BCUT2D eigenvalue weighted by atomic mass is 9.98. The Balaban J connectivity index is 1.36. The molecule has 8 heteroatoms. The first-order valence-corrected chi connectivity index (χ1v) is 10.9. The summed E-state index contributed by atoms with van der Waals surface area (Å²) in [6.07, 6.45) is 9.41. The summed E-state index contributed by atoms with van der Waals surface area (Å²) in [5.74, 6) is 0.572. The lowest BCUT2D eigenvalue weighted by molar-refractivity contribution is -0.135. The minimum absolute atomic E-state index is 0.198. The highest BCUT2D eigenvalue weighted by Crippen LogP contribution is 2.32. The molecule has 3 fully saturated rings. The number of piperidine rings is 1. The molecule has 1 aromatic heterocycles. The van der Waals surface area contributed by atoms with E-state index in [2.05, 4.69) is 25.1 Å². The van der Waals surface area contributed by atoms with E-state index in [4.69, 9.17) is 4.74 Å². The van der Waals surface area contributed by atoms with Gasteiger partial charge in [-0.2, -0.15) is 0 Å². The maximum Gasteiger partial charge on any atom is 0.289 e. The van der Waals surface area contributed by atoms with Gasteiger partial charge >= 0.3 is 0 Å². The maximum absolute atomic E-state index is 12.6. The topological polar surface area (TPSA) is 87.7 Å². The number of hydrogen-bond donors (Lipinski definition) is 1. The van der Waals surface area contributed by atoms with Crippen LogP contribution in [0.25, 0.3) is 0 Å². The Labute approximate surface area is 172 Å². The average Bonchev–Trinajstić information content (AvgIpc) is 3.63. The third-order valence-corrected chi connectivity index (χ3v) is 6.19. The molecule has 1 atom stereocenters. The fourth-order valence-electron chi connectivity index (χ4n) is 4.49. The number of carbonyl (C=O) groups is 2. The van der Waals surface area contributed by atoms with E-state index in [1.54, 1.807) is 18.5 Å². The lowest BCUT2D eigenvalue weighted by Crippen LogP contribution is -2.55. The van der Waals surface area contributed by atoms with Crippen molar-refractivity contribution < 1.29 is 14.3 Å². The molecule has 0 radical (unpaired) electrons. The van der Waals surface area contributed by atoms with Gasteiger partial charge in [-0.05, 0) is 44.6 Å². The van der Waals surface area contributed by atoms with Crippen LogP contribution in [0.5, 0.6) is 0 Å². The average molecular weight is 402 g/mol. The summed E-state index contributed by atoms with van der Waals surface area (Å²) in [7, 11) is 0. The molecule has 1 aromatic rings. The number of hydrogen-bond acceptors (Lipinski definition) is 6. The van der Waals surface area contributed by atoms with Crippen LogP contribution in [0.15, 0.2) is 18.5 Å². The number of carbonyl (C=O) groups excluding carboxylic acids is 2. The van der Waals surface area contributed by atoms with Crippen molar-refractivity contribution in [2.24, 2.45) is 5.92 Å². The third kappa shape index (κ3) is 5.30. The molecular weight excluding hydrogens is 370 g/mol. The smallest absolute Gasteiger partial charge is 0.289 e. The Morgan fingerprint density at radius 3 is 2.59 bits per heavy atom. The van der Waals surface area contributed by atoms with Crippen molar-refractivity contribution in [3.8, 4) is 0 Å². The van der Waals surface area contributed by atoms with Gasteiger partial charge in [0, 0.05) is 69.8 Å². The standard InChI is InChI=1S/C21H31N5O3/c27-20(19-22-8-2-9-23-19)24-10-12-26(17-6-13-29-14-7-17)18-3-1-11-25(15-18)21(28)16-4-5-16/h2,8-9,16-18H,1,3-7,10-15H2,(H,24,27). The van der Waals surface area contributed by atoms with Crippen molar-refractivity contribution in [3.63, 3.8) is 0 Å². The van der Waals surface area contributed by atoms with Crippen molar-refractivity contribution in [1.82, 2.24) is 25.1 Å². The molecule has 2 saturated heterocycles. The van der Waals surface area contributed by atoms with Crippen LogP contribution in [0.4, 0.5) is 0 Å². The molecular formula is C21H31N5O3. The number of aromatic nitrogens is 2. The number of nitrogens with zero attached hydrogens (tertiary/aromatic N) is 4. The molecule has 29 heavy (non-hydrogen) atoms. The Morgan fingerprint density at radius 2 is 1.86 bits per heavy atom. The quantitative estimate of drug-likeness (QED) is 0.736. The van der Waals surface area contributed by atoms with Gasteiger partial charge < -0.3 is 15.0 Å². The van der Waals surface area contributed by atoms with Crippen LogP contribution in [0.1, 0.15) is 49.1 Å².